The van der Waals surface area contributed by atoms with Gasteiger partial charge in [0.2, 0.25) is 5.91 Å². The van der Waals surface area contributed by atoms with Crippen LogP contribution in [0.5, 0.6) is 0 Å². The summed E-state index contributed by atoms with van der Waals surface area (Å²) in [6, 6.07) is 9.68. The van der Waals surface area contributed by atoms with Gasteiger partial charge in [-0.05, 0) is 38.2 Å². The Bertz CT molecular complexity index is 755. The number of likely N-dealkylation sites (tertiary alicyclic amines) is 1. The molecule has 25 heavy (non-hydrogen) atoms. The first-order chi connectivity index (χ1) is 12.1. The first kappa shape index (κ1) is 17.2. The van der Waals surface area contributed by atoms with Crippen LogP contribution >= 0.6 is 0 Å². The zero-order valence-corrected chi connectivity index (χ0v) is 14.4. The quantitative estimate of drug-likeness (QED) is 0.872. The molecular weight excluding hydrogens is 318 g/mol. The molecule has 0 unspecified atom stereocenters. The number of benzene rings is 1. The van der Waals surface area contributed by atoms with Gasteiger partial charge in [0.25, 0.3) is 5.91 Å². The molecule has 1 aromatic heterocycles. The Kier molecular flexibility index (Phi) is 5.16. The van der Waals surface area contributed by atoms with E-state index in [1.165, 1.54) is 10.5 Å². The highest BCUT2D eigenvalue weighted by Gasteiger charge is 2.35. The Morgan fingerprint density at radius 2 is 2.04 bits per heavy atom. The molecule has 1 aromatic carbocycles. The molecule has 1 aliphatic rings. The zero-order chi connectivity index (χ0) is 17.8. The van der Waals surface area contributed by atoms with Crippen molar-refractivity contribution >= 4 is 11.8 Å². The number of aromatic nitrogens is 1. The van der Waals surface area contributed by atoms with Gasteiger partial charge < -0.3 is 15.1 Å². The number of rotatable bonds is 6. The Hall–Kier alpha value is -2.63. The average Bonchev–Trinajstić information content (AvgIpc) is 3.22. The molecule has 1 fully saturated rings. The zero-order valence-electron chi connectivity index (χ0n) is 14.4. The lowest BCUT2D eigenvalue weighted by Crippen LogP contribution is -2.44. The van der Waals surface area contributed by atoms with Crippen LogP contribution in [0.3, 0.4) is 0 Å². The summed E-state index contributed by atoms with van der Waals surface area (Å²) in [6.07, 6.45) is 3.89. The van der Waals surface area contributed by atoms with Crippen LogP contribution in [0.1, 0.15) is 47.0 Å². The summed E-state index contributed by atoms with van der Waals surface area (Å²) >= 11 is 0. The Morgan fingerprint density at radius 1 is 1.28 bits per heavy atom. The molecule has 2 N–H and O–H groups in total. The van der Waals surface area contributed by atoms with Crippen molar-refractivity contribution in [3.63, 3.8) is 0 Å². The predicted molar refractivity (Wildman–Crippen MR) is 93.0 cm³/mol. The minimum absolute atomic E-state index is 0.267. The van der Waals surface area contributed by atoms with Crippen molar-refractivity contribution in [2.45, 2.75) is 45.1 Å². The van der Waals surface area contributed by atoms with Gasteiger partial charge in [-0.2, -0.15) is 0 Å². The molecule has 6 nitrogen and oxygen atoms in total. The molecule has 0 radical (unpaired) electrons. The lowest BCUT2D eigenvalue weighted by molar-refractivity contribution is -0.121. The van der Waals surface area contributed by atoms with E-state index in [1.54, 1.807) is 6.92 Å². The van der Waals surface area contributed by atoms with Crippen molar-refractivity contribution in [3.05, 3.63) is 53.2 Å². The van der Waals surface area contributed by atoms with E-state index in [2.05, 4.69) is 17.1 Å². The summed E-state index contributed by atoms with van der Waals surface area (Å²) in [4.78, 5) is 30.1. The third kappa shape index (κ3) is 3.90. The number of nitrogens with two attached hydrogens (primary N) is 1. The van der Waals surface area contributed by atoms with E-state index in [1.807, 2.05) is 18.2 Å². The molecule has 0 spiro atoms. The maximum absolute atomic E-state index is 12.7. The number of primary amides is 1. The number of hydrogen-bond acceptors (Lipinski definition) is 4. The number of oxazole rings is 1. The second-order valence-electron chi connectivity index (χ2n) is 6.41. The lowest BCUT2D eigenvalue weighted by atomic mass is 10.1. The lowest BCUT2D eigenvalue weighted by Gasteiger charge is -2.21. The van der Waals surface area contributed by atoms with Gasteiger partial charge in [0.1, 0.15) is 11.8 Å². The number of carbonyl (C=O) groups excluding carboxylic acids is 2. The second-order valence-corrected chi connectivity index (χ2v) is 6.41. The van der Waals surface area contributed by atoms with Gasteiger partial charge >= 0.3 is 0 Å². The van der Waals surface area contributed by atoms with E-state index in [9.17, 15) is 9.59 Å². The van der Waals surface area contributed by atoms with Crippen LogP contribution in [0.2, 0.25) is 0 Å². The molecule has 2 heterocycles. The standard InChI is InChI=1S/C19H23N3O3/c1-13-17(19(24)22-12-6-10-15(22)18(20)23)21-16(25-13)11-5-9-14-7-3-2-4-8-14/h2-4,7-8,15H,5-6,9-12H2,1H3,(H2,20,23)/t15-/m0/s1. The molecule has 2 aromatic rings. The number of aryl methyl sites for hydroxylation is 3. The highest BCUT2D eigenvalue weighted by molar-refractivity contribution is 5.96. The first-order valence-electron chi connectivity index (χ1n) is 8.67. The van der Waals surface area contributed by atoms with E-state index >= 15 is 0 Å². The van der Waals surface area contributed by atoms with Crippen LogP contribution in [0.25, 0.3) is 0 Å². The number of hydrogen-bond donors (Lipinski definition) is 1. The number of amides is 2. The molecule has 1 aliphatic heterocycles. The summed E-state index contributed by atoms with van der Waals surface area (Å²) in [7, 11) is 0. The van der Waals surface area contributed by atoms with Gasteiger partial charge in [-0.25, -0.2) is 4.98 Å². The van der Waals surface area contributed by atoms with E-state index in [-0.39, 0.29) is 5.91 Å². The molecule has 2 amide bonds. The normalized spacial score (nSPS) is 17.0. The van der Waals surface area contributed by atoms with Crippen LogP contribution in [-0.2, 0) is 17.6 Å². The molecule has 1 saturated heterocycles. The minimum atomic E-state index is -0.537. The third-order valence-electron chi connectivity index (χ3n) is 4.58. The van der Waals surface area contributed by atoms with Crippen molar-refractivity contribution in [2.24, 2.45) is 5.73 Å². The number of carbonyl (C=O) groups is 2. The Morgan fingerprint density at radius 3 is 2.76 bits per heavy atom. The van der Waals surface area contributed by atoms with Crippen molar-refractivity contribution < 1.29 is 14.0 Å². The van der Waals surface area contributed by atoms with Gasteiger partial charge in [0.15, 0.2) is 11.6 Å². The fraction of sp³-hybridized carbons (Fsp3) is 0.421. The minimum Gasteiger partial charge on any atom is -0.445 e. The second kappa shape index (κ2) is 7.51. The van der Waals surface area contributed by atoms with Crippen molar-refractivity contribution in [3.8, 4) is 0 Å². The van der Waals surface area contributed by atoms with Crippen LogP contribution in [-0.4, -0.2) is 34.3 Å². The summed E-state index contributed by atoms with van der Waals surface area (Å²) in [5, 5.41) is 0. The van der Waals surface area contributed by atoms with Gasteiger partial charge in [-0.3, -0.25) is 9.59 Å². The monoisotopic (exact) mass is 341 g/mol. The average molecular weight is 341 g/mol. The smallest absolute Gasteiger partial charge is 0.276 e. The highest BCUT2D eigenvalue weighted by atomic mass is 16.4. The molecular formula is C19H23N3O3. The Labute approximate surface area is 147 Å². The molecule has 0 saturated carbocycles. The van der Waals surface area contributed by atoms with Crippen molar-refractivity contribution in [1.29, 1.82) is 0 Å². The van der Waals surface area contributed by atoms with Crippen LogP contribution in [0.15, 0.2) is 34.7 Å². The topological polar surface area (TPSA) is 89.4 Å². The first-order valence-corrected chi connectivity index (χ1v) is 8.67. The van der Waals surface area contributed by atoms with Crippen molar-refractivity contribution in [2.75, 3.05) is 6.54 Å². The number of nitrogens with zero attached hydrogens (tertiary/aromatic N) is 2. The summed E-state index contributed by atoms with van der Waals surface area (Å²) in [5.74, 6) is 0.327. The fourth-order valence-electron chi connectivity index (χ4n) is 3.29. The van der Waals surface area contributed by atoms with Gasteiger partial charge in [0, 0.05) is 13.0 Å². The van der Waals surface area contributed by atoms with Gasteiger partial charge in [-0.1, -0.05) is 30.3 Å². The summed E-state index contributed by atoms with van der Waals surface area (Å²) in [5.41, 5.74) is 6.95. The Balaban J connectivity index is 1.63. The van der Waals surface area contributed by atoms with Crippen LogP contribution in [0.4, 0.5) is 0 Å². The molecule has 0 bridgehead atoms. The highest BCUT2D eigenvalue weighted by Crippen LogP contribution is 2.22. The van der Waals surface area contributed by atoms with Gasteiger partial charge in [-0.15, -0.1) is 0 Å². The molecule has 3 rings (SSSR count). The van der Waals surface area contributed by atoms with E-state index < -0.39 is 11.9 Å². The summed E-state index contributed by atoms with van der Waals surface area (Å²) in [6.45, 7) is 2.26. The fourth-order valence-corrected chi connectivity index (χ4v) is 3.29. The van der Waals surface area contributed by atoms with Crippen LogP contribution < -0.4 is 5.73 Å². The SMILES string of the molecule is Cc1oc(CCCc2ccccc2)nc1C(=O)N1CCC[C@H]1C(N)=O. The predicted octanol–water partition coefficient (Wildman–Crippen LogP) is 2.25. The van der Waals surface area contributed by atoms with Crippen LogP contribution in [0, 0.1) is 6.92 Å². The van der Waals surface area contributed by atoms with Crippen molar-refractivity contribution in [1.82, 2.24) is 9.88 Å². The van der Waals surface area contributed by atoms with E-state index in [0.29, 0.717) is 36.7 Å². The maximum atomic E-state index is 12.7. The maximum Gasteiger partial charge on any atom is 0.276 e. The van der Waals surface area contributed by atoms with E-state index in [4.69, 9.17) is 10.2 Å². The van der Waals surface area contributed by atoms with E-state index in [0.717, 1.165) is 19.3 Å². The molecule has 0 aliphatic carbocycles. The van der Waals surface area contributed by atoms with Gasteiger partial charge in [0.05, 0.1) is 0 Å². The molecule has 132 valence electrons. The molecule has 6 heteroatoms. The molecule has 1 atom stereocenters. The third-order valence-corrected chi connectivity index (χ3v) is 4.58. The summed E-state index contributed by atoms with van der Waals surface area (Å²) < 4.78 is 5.65. The largest absolute Gasteiger partial charge is 0.445 e.